The summed E-state index contributed by atoms with van der Waals surface area (Å²) in [5.41, 5.74) is 0. The lowest BCUT2D eigenvalue weighted by molar-refractivity contribution is 0.320. The van der Waals surface area contributed by atoms with Crippen molar-refractivity contribution in [2.75, 3.05) is 30.3 Å². The quantitative estimate of drug-likeness (QED) is 0.888. The van der Waals surface area contributed by atoms with Gasteiger partial charge >= 0.3 is 0 Å². The van der Waals surface area contributed by atoms with Crippen LogP contribution >= 0.6 is 23.5 Å². The molecule has 4 nitrogen and oxygen atoms in total. The van der Waals surface area contributed by atoms with Crippen molar-refractivity contribution in [1.82, 2.24) is 15.5 Å². The Kier molecular flexibility index (Phi) is 3.93. The highest BCUT2D eigenvalue weighted by molar-refractivity contribution is 8.06. The summed E-state index contributed by atoms with van der Waals surface area (Å²) in [7, 11) is 0. The van der Waals surface area contributed by atoms with Crippen molar-refractivity contribution in [3.05, 3.63) is 11.7 Å². The van der Waals surface area contributed by atoms with Gasteiger partial charge in [0.15, 0.2) is 5.82 Å². The molecule has 1 aromatic heterocycles. The summed E-state index contributed by atoms with van der Waals surface area (Å²) < 4.78 is 5.43. The van der Waals surface area contributed by atoms with Gasteiger partial charge in [0.25, 0.3) is 0 Å². The highest BCUT2D eigenvalue weighted by Gasteiger charge is 2.25. The van der Waals surface area contributed by atoms with Crippen molar-refractivity contribution >= 4 is 23.5 Å². The Labute approximate surface area is 110 Å². The molecule has 0 amide bonds. The van der Waals surface area contributed by atoms with Crippen LogP contribution in [-0.4, -0.2) is 40.5 Å². The van der Waals surface area contributed by atoms with E-state index in [0.29, 0.717) is 11.2 Å². The molecular weight excluding hydrogens is 254 g/mol. The summed E-state index contributed by atoms with van der Waals surface area (Å²) >= 11 is 3.94. The lowest BCUT2D eigenvalue weighted by atomic mass is 10.00. The van der Waals surface area contributed by atoms with Gasteiger partial charge in [-0.05, 0) is 19.4 Å². The molecule has 3 heterocycles. The largest absolute Gasteiger partial charge is 0.339 e. The maximum atomic E-state index is 5.43. The van der Waals surface area contributed by atoms with Crippen molar-refractivity contribution in [2.45, 2.75) is 24.0 Å². The maximum absolute atomic E-state index is 5.43. The Bertz CT molecular complexity index is 327. The van der Waals surface area contributed by atoms with Crippen molar-refractivity contribution in [1.29, 1.82) is 0 Å². The first-order valence-electron chi connectivity index (χ1n) is 6.17. The number of rotatable bonds is 2. The standard InChI is InChI=1S/C11H17N3OS2/c1-2-8(6-12-3-1)11-13-10(14-15-11)9-7-16-4-5-17-9/h8-9,12H,1-7H2/t8-,9?/m1/s1. The van der Waals surface area contributed by atoms with Crippen LogP contribution in [0.2, 0.25) is 0 Å². The van der Waals surface area contributed by atoms with Crippen LogP contribution in [-0.2, 0) is 0 Å². The highest BCUT2D eigenvalue weighted by atomic mass is 32.2. The molecule has 0 radical (unpaired) electrons. The summed E-state index contributed by atoms with van der Waals surface area (Å²) in [5, 5.41) is 7.99. The molecule has 1 unspecified atom stereocenters. The summed E-state index contributed by atoms with van der Waals surface area (Å²) in [4.78, 5) is 4.61. The van der Waals surface area contributed by atoms with Gasteiger partial charge in [-0.25, -0.2) is 0 Å². The van der Waals surface area contributed by atoms with E-state index in [9.17, 15) is 0 Å². The third-order valence-corrected chi connectivity index (χ3v) is 5.96. The van der Waals surface area contributed by atoms with Gasteiger partial charge in [0.2, 0.25) is 5.89 Å². The Morgan fingerprint density at radius 2 is 2.35 bits per heavy atom. The zero-order valence-electron chi connectivity index (χ0n) is 9.72. The van der Waals surface area contributed by atoms with Crippen LogP contribution in [0, 0.1) is 0 Å². The van der Waals surface area contributed by atoms with Crippen molar-refractivity contribution in [3.8, 4) is 0 Å². The first-order valence-corrected chi connectivity index (χ1v) is 8.37. The molecule has 0 spiro atoms. The third kappa shape index (κ3) is 2.80. The molecule has 2 aliphatic heterocycles. The molecule has 2 atom stereocenters. The highest BCUT2D eigenvalue weighted by Crippen LogP contribution is 2.35. The second-order valence-electron chi connectivity index (χ2n) is 4.47. The lowest BCUT2D eigenvalue weighted by Crippen LogP contribution is -2.28. The topological polar surface area (TPSA) is 51.0 Å². The molecule has 1 aromatic rings. The molecular formula is C11H17N3OS2. The van der Waals surface area contributed by atoms with Gasteiger partial charge < -0.3 is 9.84 Å². The fraction of sp³-hybridized carbons (Fsp3) is 0.818. The zero-order chi connectivity index (χ0) is 11.5. The predicted octanol–water partition coefficient (Wildman–Crippen LogP) is 2.06. The second kappa shape index (κ2) is 5.63. The fourth-order valence-corrected chi connectivity index (χ4v) is 4.83. The summed E-state index contributed by atoms with van der Waals surface area (Å²) in [6.07, 6.45) is 2.37. The Hall–Kier alpha value is -0.200. The molecule has 0 saturated carbocycles. The van der Waals surface area contributed by atoms with Crippen molar-refractivity contribution in [2.24, 2.45) is 0 Å². The van der Waals surface area contributed by atoms with Crippen LogP contribution in [0.4, 0.5) is 0 Å². The average molecular weight is 271 g/mol. The summed E-state index contributed by atoms with van der Waals surface area (Å²) in [5.74, 6) is 5.73. The van der Waals surface area contributed by atoms with Crippen LogP contribution in [0.1, 0.15) is 35.7 Å². The van der Waals surface area contributed by atoms with Crippen LogP contribution < -0.4 is 5.32 Å². The molecule has 2 aliphatic rings. The first-order chi connectivity index (χ1) is 8.43. The van der Waals surface area contributed by atoms with E-state index in [0.717, 1.165) is 30.6 Å². The van der Waals surface area contributed by atoms with Gasteiger partial charge in [-0.15, -0.1) is 11.8 Å². The summed E-state index contributed by atoms with van der Waals surface area (Å²) in [6, 6.07) is 0. The van der Waals surface area contributed by atoms with E-state index < -0.39 is 0 Å². The van der Waals surface area contributed by atoms with Gasteiger partial charge in [-0.3, -0.25) is 0 Å². The lowest BCUT2D eigenvalue weighted by Gasteiger charge is -2.19. The Morgan fingerprint density at radius 1 is 1.35 bits per heavy atom. The predicted molar refractivity (Wildman–Crippen MR) is 71.7 cm³/mol. The van der Waals surface area contributed by atoms with E-state index in [-0.39, 0.29) is 0 Å². The molecule has 0 bridgehead atoms. The van der Waals surface area contributed by atoms with Crippen LogP contribution in [0.3, 0.4) is 0 Å². The van der Waals surface area contributed by atoms with Gasteiger partial charge in [0.1, 0.15) is 0 Å². The van der Waals surface area contributed by atoms with E-state index in [1.807, 2.05) is 23.5 Å². The minimum Gasteiger partial charge on any atom is -0.339 e. The molecule has 2 saturated heterocycles. The molecule has 0 aromatic carbocycles. The number of aromatic nitrogens is 2. The van der Waals surface area contributed by atoms with Gasteiger partial charge in [-0.2, -0.15) is 16.7 Å². The van der Waals surface area contributed by atoms with Crippen molar-refractivity contribution in [3.63, 3.8) is 0 Å². The molecule has 3 rings (SSSR count). The number of hydrogen-bond donors (Lipinski definition) is 1. The number of nitrogens with zero attached hydrogens (tertiary/aromatic N) is 2. The number of nitrogens with one attached hydrogen (secondary N) is 1. The number of piperidine rings is 1. The van der Waals surface area contributed by atoms with E-state index in [2.05, 4.69) is 15.5 Å². The molecule has 6 heteroatoms. The normalized spacial score (nSPS) is 30.4. The van der Waals surface area contributed by atoms with Gasteiger partial charge in [0.05, 0.1) is 11.2 Å². The summed E-state index contributed by atoms with van der Waals surface area (Å²) in [6.45, 7) is 2.10. The zero-order valence-corrected chi connectivity index (χ0v) is 11.4. The number of hydrogen-bond acceptors (Lipinski definition) is 6. The van der Waals surface area contributed by atoms with Gasteiger partial charge in [0, 0.05) is 23.8 Å². The Morgan fingerprint density at radius 3 is 3.12 bits per heavy atom. The van der Waals surface area contributed by atoms with E-state index >= 15 is 0 Å². The Balaban J connectivity index is 1.68. The SMILES string of the molecule is C1CNC[C@H](c2nc(C3CSCCS3)no2)C1. The molecule has 94 valence electrons. The fourth-order valence-electron chi connectivity index (χ4n) is 2.24. The smallest absolute Gasteiger partial charge is 0.231 e. The molecule has 1 N–H and O–H groups in total. The molecule has 2 fully saturated rings. The third-order valence-electron chi connectivity index (χ3n) is 3.21. The maximum Gasteiger partial charge on any atom is 0.231 e. The monoisotopic (exact) mass is 271 g/mol. The minimum atomic E-state index is 0.422. The molecule has 17 heavy (non-hydrogen) atoms. The van der Waals surface area contributed by atoms with E-state index in [1.54, 1.807) is 0 Å². The van der Waals surface area contributed by atoms with E-state index in [1.165, 1.54) is 24.3 Å². The van der Waals surface area contributed by atoms with Crippen LogP contribution in [0.25, 0.3) is 0 Å². The van der Waals surface area contributed by atoms with Crippen molar-refractivity contribution < 1.29 is 4.52 Å². The van der Waals surface area contributed by atoms with Gasteiger partial charge in [-0.1, -0.05) is 5.16 Å². The number of thioether (sulfide) groups is 2. The van der Waals surface area contributed by atoms with E-state index in [4.69, 9.17) is 4.52 Å². The molecule has 0 aliphatic carbocycles. The first kappa shape index (κ1) is 11.9. The average Bonchev–Trinajstić information content (AvgIpc) is 2.90. The second-order valence-corrected chi connectivity index (χ2v) is 6.93. The van der Waals surface area contributed by atoms with Crippen LogP contribution in [0.15, 0.2) is 4.52 Å². The van der Waals surface area contributed by atoms with Crippen LogP contribution in [0.5, 0.6) is 0 Å². The minimum absolute atomic E-state index is 0.422.